The van der Waals surface area contributed by atoms with Crippen molar-refractivity contribution in [3.8, 4) is 0 Å². The maximum absolute atomic E-state index is 5.79. The zero-order valence-corrected chi connectivity index (χ0v) is 8.87. The summed E-state index contributed by atoms with van der Waals surface area (Å²) in [5.74, 6) is 0. The Kier molecular flexibility index (Phi) is 2.14. The van der Waals surface area contributed by atoms with E-state index in [4.69, 9.17) is 11.6 Å². The number of nitrogens with zero attached hydrogens (tertiary/aromatic N) is 2. The highest BCUT2D eigenvalue weighted by Gasteiger charge is 1.97. The Morgan fingerprint density at radius 2 is 2.08 bits per heavy atom. The van der Waals surface area contributed by atoms with Gasteiger partial charge in [0.2, 0.25) is 0 Å². The van der Waals surface area contributed by atoms with E-state index >= 15 is 0 Å². The van der Waals surface area contributed by atoms with E-state index in [0.717, 1.165) is 14.7 Å². The number of halogens is 2. The minimum Gasteiger partial charge on any atom is -0.252 e. The zero-order chi connectivity index (χ0) is 8.55. The van der Waals surface area contributed by atoms with Crippen LogP contribution >= 0.6 is 34.2 Å². The molecule has 0 aliphatic heterocycles. The lowest BCUT2D eigenvalue weighted by molar-refractivity contribution is 1.25. The highest BCUT2D eigenvalue weighted by molar-refractivity contribution is 14.1. The van der Waals surface area contributed by atoms with Gasteiger partial charge in [-0.3, -0.25) is 4.98 Å². The molecule has 60 valence electrons. The molecule has 0 fully saturated rings. The number of aromatic nitrogens is 2. The van der Waals surface area contributed by atoms with Crippen LogP contribution in [0, 0.1) is 3.70 Å². The Bertz CT molecular complexity index is 389. The van der Waals surface area contributed by atoms with Crippen LogP contribution in [0.4, 0.5) is 0 Å². The lowest BCUT2D eigenvalue weighted by Gasteiger charge is -1.96. The fourth-order valence-electron chi connectivity index (χ4n) is 0.961. The molecule has 0 amide bonds. The Balaban J connectivity index is 2.79. The minimum absolute atomic E-state index is 0.693. The average molecular weight is 290 g/mol. The highest BCUT2D eigenvalue weighted by Crippen LogP contribution is 2.16. The summed E-state index contributed by atoms with van der Waals surface area (Å²) in [7, 11) is 0. The quantitative estimate of drug-likeness (QED) is 0.697. The summed E-state index contributed by atoms with van der Waals surface area (Å²) in [5, 5.41) is 0.693. The fraction of sp³-hybridized carbons (Fsp3) is 0. The molecule has 0 spiro atoms. The van der Waals surface area contributed by atoms with E-state index in [1.807, 2.05) is 12.1 Å². The van der Waals surface area contributed by atoms with E-state index in [9.17, 15) is 0 Å². The third-order valence-electron chi connectivity index (χ3n) is 1.47. The Hall–Kier alpha value is -0.420. The molecular formula is C8H4ClIN2. The van der Waals surface area contributed by atoms with Crippen LogP contribution in [-0.4, -0.2) is 9.97 Å². The molecular weight excluding hydrogens is 286 g/mol. The fourth-order valence-corrected chi connectivity index (χ4v) is 1.53. The van der Waals surface area contributed by atoms with E-state index in [2.05, 4.69) is 32.6 Å². The predicted molar refractivity (Wildman–Crippen MR) is 57.3 cm³/mol. The third kappa shape index (κ3) is 1.51. The number of fused-ring (bicyclic) bond motifs is 1. The molecule has 0 N–H and O–H groups in total. The molecule has 0 aliphatic rings. The summed E-state index contributed by atoms with van der Waals surface area (Å²) >= 11 is 7.92. The first-order chi connectivity index (χ1) is 5.75. The van der Waals surface area contributed by atoms with Crippen molar-refractivity contribution in [2.45, 2.75) is 0 Å². The topological polar surface area (TPSA) is 25.8 Å². The molecule has 1 aromatic carbocycles. The van der Waals surface area contributed by atoms with Gasteiger partial charge in [-0.05, 0) is 40.8 Å². The molecule has 0 unspecified atom stereocenters. The molecule has 0 saturated heterocycles. The predicted octanol–water partition coefficient (Wildman–Crippen LogP) is 2.89. The van der Waals surface area contributed by atoms with Crippen molar-refractivity contribution in [3.05, 3.63) is 33.1 Å². The van der Waals surface area contributed by atoms with Gasteiger partial charge in [-0.25, -0.2) is 4.98 Å². The largest absolute Gasteiger partial charge is 0.252 e. The third-order valence-corrected chi connectivity index (χ3v) is 2.23. The molecule has 0 atom stereocenters. The number of rotatable bonds is 0. The molecule has 1 aromatic heterocycles. The molecule has 2 nitrogen and oxygen atoms in total. The highest BCUT2D eigenvalue weighted by atomic mass is 127. The first kappa shape index (κ1) is 8.19. The number of hydrogen-bond acceptors (Lipinski definition) is 2. The van der Waals surface area contributed by atoms with Gasteiger partial charge < -0.3 is 0 Å². The minimum atomic E-state index is 0.693. The van der Waals surface area contributed by atoms with E-state index in [1.165, 1.54) is 0 Å². The number of benzene rings is 1. The van der Waals surface area contributed by atoms with Gasteiger partial charge in [0.25, 0.3) is 0 Å². The van der Waals surface area contributed by atoms with Gasteiger partial charge in [-0.2, -0.15) is 0 Å². The molecule has 0 radical (unpaired) electrons. The SMILES string of the molecule is Clc1ccc2nc(I)cnc2c1. The van der Waals surface area contributed by atoms with E-state index in [-0.39, 0.29) is 0 Å². The Morgan fingerprint density at radius 3 is 2.92 bits per heavy atom. The van der Waals surface area contributed by atoms with Crippen LogP contribution in [0.5, 0.6) is 0 Å². The molecule has 2 aromatic rings. The average Bonchev–Trinajstić information content (AvgIpc) is 2.05. The second-order valence-electron chi connectivity index (χ2n) is 2.33. The van der Waals surface area contributed by atoms with Gasteiger partial charge >= 0.3 is 0 Å². The van der Waals surface area contributed by atoms with Crippen LogP contribution in [0.2, 0.25) is 5.02 Å². The van der Waals surface area contributed by atoms with Crippen molar-refractivity contribution in [1.82, 2.24) is 9.97 Å². The lowest BCUT2D eigenvalue weighted by atomic mass is 10.3. The van der Waals surface area contributed by atoms with Crippen molar-refractivity contribution in [1.29, 1.82) is 0 Å². The first-order valence-corrected chi connectivity index (χ1v) is 4.79. The van der Waals surface area contributed by atoms with Gasteiger partial charge in [0.15, 0.2) is 0 Å². The number of hydrogen-bond donors (Lipinski definition) is 0. The van der Waals surface area contributed by atoms with E-state index in [1.54, 1.807) is 12.3 Å². The van der Waals surface area contributed by atoms with Crippen molar-refractivity contribution in [3.63, 3.8) is 0 Å². The smallest absolute Gasteiger partial charge is 0.120 e. The molecule has 4 heteroatoms. The van der Waals surface area contributed by atoms with Crippen LogP contribution in [-0.2, 0) is 0 Å². The van der Waals surface area contributed by atoms with Crippen molar-refractivity contribution in [2.75, 3.05) is 0 Å². The monoisotopic (exact) mass is 290 g/mol. The van der Waals surface area contributed by atoms with Gasteiger partial charge in [-0.1, -0.05) is 11.6 Å². The van der Waals surface area contributed by atoms with Crippen LogP contribution in [0.3, 0.4) is 0 Å². The maximum Gasteiger partial charge on any atom is 0.120 e. The Labute approximate surface area is 88.1 Å². The van der Waals surface area contributed by atoms with Crippen LogP contribution in [0.15, 0.2) is 24.4 Å². The lowest BCUT2D eigenvalue weighted by Crippen LogP contribution is -1.85. The molecule has 2 rings (SSSR count). The molecule has 0 saturated carbocycles. The van der Waals surface area contributed by atoms with Gasteiger partial charge in [-0.15, -0.1) is 0 Å². The normalized spacial score (nSPS) is 10.5. The maximum atomic E-state index is 5.79. The Morgan fingerprint density at radius 1 is 1.25 bits per heavy atom. The van der Waals surface area contributed by atoms with E-state index < -0.39 is 0 Å². The molecule has 1 heterocycles. The van der Waals surface area contributed by atoms with Crippen molar-refractivity contribution in [2.24, 2.45) is 0 Å². The summed E-state index contributed by atoms with van der Waals surface area (Å²) in [5.41, 5.74) is 1.72. The van der Waals surface area contributed by atoms with Crippen LogP contribution < -0.4 is 0 Å². The summed E-state index contributed by atoms with van der Waals surface area (Å²) in [6.07, 6.45) is 1.72. The summed E-state index contributed by atoms with van der Waals surface area (Å²) in [6, 6.07) is 5.49. The van der Waals surface area contributed by atoms with Gasteiger partial charge in [0.05, 0.1) is 17.2 Å². The molecule has 0 bridgehead atoms. The summed E-state index contributed by atoms with van der Waals surface area (Å²) < 4.78 is 0.891. The second-order valence-corrected chi connectivity index (χ2v) is 3.87. The summed E-state index contributed by atoms with van der Waals surface area (Å²) in [4.78, 5) is 8.47. The van der Waals surface area contributed by atoms with E-state index in [0.29, 0.717) is 5.02 Å². The summed E-state index contributed by atoms with van der Waals surface area (Å²) in [6.45, 7) is 0. The van der Waals surface area contributed by atoms with Gasteiger partial charge in [0.1, 0.15) is 3.70 Å². The van der Waals surface area contributed by atoms with Crippen LogP contribution in [0.1, 0.15) is 0 Å². The standard InChI is InChI=1S/C8H4ClIN2/c9-5-1-2-6-7(3-5)11-4-8(10)12-6/h1-4H. The molecule has 12 heavy (non-hydrogen) atoms. The van der Waals surface area contributed by atoms with Crippen molar-refractivity contribution >= 4 is 45.2 Å². The van der Waals surface area contributed by atoms with Crippen molar-refractivity contribution < 1.29 is 0 Å². The second kappa shape index (κ2) is 3.14. The van der Waals surface area contributed by atoms with Crippen LogP contribution in [0.25, 0.3) is 11.0 Å². The zero-order valence-electron chi connectivity index (χ0n) is 5.96. The first-order valence-electron chi connectivity index (χ1n) is 3.33. The van der Waals surface area contributed by atoms with Gasteiger partial charge in [0, 0.05) is 5.02 Å². The molecule has 0 aliphatic carbocycles.